The number of hydrogen-bond acceptors (Lipinski definition) is 3. The summed E-state index contributed by atoms with van der Waals surface area (Å²) in [5, 5.41) is 0. The molecule has 0 heterocycles. The molecule has 3 heteroatoms. The van der Waals surface area contributed by atoms with Crippen LogP contribution in [-0.2, 0) is 17.6 Å². The van der Waals surface area contributed by atoms with Crippen molar-refractivity contribution in [3.63, 3.8) is 0 Å². The summed E-state index contributed by atoms with van der Waals surface area (Å²) in [6.07, 6.45) is 3.10. The summed E-state index contributed by atoms with van der Waals surface area (Å²) in [7, 11) is 1.58. The molecule has 0 radical (unpaired) electrons. The van der Waals surface area contributed by atoms with Gasteiger partial charge in [-0.1, -0.05) is 6.07 Å². The molecule has 1 aliphatic rings. The van der Waals surface area contributed by atoms with E-state index in [0.717, 1.165) is 24.8 Å². The third-order valence-corrected chi connectivity index (χ3v) is 2.94. The molecule has 0 amide bonds. The van der Waals surface area contributed by atoms with Crippen molar-refractivity contribution in [2.75, 3.05) is 13.7 Å². The number of methoxy groups -OCH3 is 1. The summed E-state index contributed by atoms with van der Waals surface area (Å²) in [6, 6.07) is 3.90. The van der Waals surface area contributed by atoms with Gasteiger partial charge in [0.25, 0.3) is 0 Å². The summed E-state index contributed by atoms with van der Waals surface area (Å²) in [6.45, 7) is 2.21. The van der Waals surface area contributed by atoms with E-state index in [0.29, 0.717) is 17.9 Å². The van der Waals surface area contributed by atoms with Gasteiger partial charge in [-0.25, -0.2) is 4.79 Å². The average Bonchev–Trinajstić information content (AvgIpc) is 2.75. The van der Waals surface area contributed by atoms with E-state index in [1.807, 2.05) is 19.1 Å². The van der Waals surface area contributed by atoms with Crippen LogP contribution in [0, 0.1) is 0 Å². The number of carbonyl (C=O) groups excluding carboxylic acids is 1. The van der Waals surface area contributed by atoms with E-state index >= 15 is 0 Å². The SMILES string of the molecule is CCOC(=O)c1c(OC)ccc2c1CCC2. The Bertz CT molecular complexity index is 410. The summed E-state index contributed by atoms with van der Waals surface area (Å²) in [5.41, 5.74) is 2.99. The molecule has 1 aliphatic carbocycles. The molecule has 0 bridgehead atoms. The minimum absolute atomic E-state index is 0.266. The van der Waals surface area contributed by atoms with Gasteiger partial charge in [0.15, 0.2) is 0 Å². The predicted molar refractivity (Wildman–Crippen MR) is 61.0 cm³/mol. The monoisotopic (exact) mass is 220 g/mol. The van der Waals surface area contributed by atoms with Gasteiger partial charge in [-0.2, -0.15) is 0 Å². The van der Waals surface area contributed by atoms with Crippen molar-refractivity contribution >= 4 is 5.97 Å². The van der Waals surface area contributed by atoms with Gasteiger partial charge in [-0.3, -0.25) is 0 Å². The molecule has 0 aromatic heterocycles. The normalized spacial score (nSPS) is 13.4. The molecule has 3 nitrogen and oxygen atoms in total. The van der Waals surface area contributed by atoms with Gasteiger partial charge >= 0.3 is 5.97 Å². The van der Waals surface area contributed by atoms with Crippen LogP contribution in [0.15, 0.2) is 12.1 Å². The van der Waals surface area contributed by atoms with Gasteiger partial charge < -0.3 is 9.47 Å². The van der Waals surface area contributed by atoms with Crippen LogP contribution < -0.4 is 4.74 Å². The summed E-state index contributed by atoms with van der Waals surface area (Å²) in [4.78, 5) is 11.9. The van der Waals surface area contributed by atoms with Crippen molar-refractivity contribution in [1.29, 1.82) is 0 Å². The Balaban J connectivity index is 2.47. The number of carbonyl (C=O) groups is 1. The molecule has 0 aliphatic heterocycles. The lowest BCUT2D eigenvalue weighted by atomic mass is 10.0. The number of benzene rings is 1. The van der Waals surface area contributed by atoms with E-state index in [4.69, 9.17) is 9.47 Å². The minimum Gasteiger partial charge on any atom is -0.496 e. The van der Waals surface area contributed by atoms with Crippen molar-refractivity contribution in [3.8, 4) is 5.75 Å². The van der Waals surface area contributed by atoms with E-state index in [9.17, 15) is 4.79 Å². The van der Waals surface area contributed by atoms with Crippen molar-refractivity contribution in [2.24, 2.45) is 0 Å². The van der Waals surface area contributed by atoms with E-state index in [2.05, 4.69) is 0 Å². The Morgan fingerprint density at radius 1 is 1.38 bits per heavy atom. The Labute approximate surface area is 95.4 Å². The highest BCUT2D eigenvalue weighted by molar-refractivity contribution is 5.94. The lowest BCUT2D eigenvalue weighted by Crippen LogP contribution is -2.10. The number of fused-ring (bicyclic) bond motifs is 1. The fourth-order valence-corrected chi connectivity index (χ4v) is 2.24. The Hall–Kier alpha value is -1.51. The largest absolute Gasteiger partial charge is 0.496 e. The number of hydrogen-bond donors (Lipinski definition) is 0. The number of esters is 1. The smallest absolute Gasteiger partial charge is 0.342 e. The zero-order valence-corrected chi connectivity index (χ0v) is 9.71. The van der Waals surface area contributed by atoms with Crippen LogP contribution in [0.5, 0.6) is 5.75 Å². The molecular weight excluding hydrogens is 204 g/mol. The van der Waals surface area contributed by atoms with Gasteiger partial charge in [-0.05, 0) is 43.4 Å². The summed E-state index contributed by atoms with van der Waals surface area (Å²) >= 11 is 0. The van der Waals surface area contributed by atoms with Gasteiger partial charge in [0.05, 0.1) is 13.7 Å². The maximum atomic E-state index is 11.9. The molecule has 0 unspecified atom stereocenters. The van der Waals surface area contributed by atoms with Gasteiger partial charge in [-0.15, -0.1) is 0 Å². The van der Waals surface area contributed by atoms with Crippen LogP contribution in [0.3, 0.4) is 0 Å². The standard InChI is InChI=1S/C13H16O3/c1-3-16-13(14)12-10-6-4-5-9(10)7-8-11(12)15-2/h7-8H,3-6H2,1-2H3. The van der Waals surface area contributed by atoms with E-state index in [1.165, 1.54) is 5.56 Å². The van der Waals surface area contributed by atoms with Crippen LogP contribution in [0.25, 0.3) is 0 Å². The van der Waals surface area contributed by atoms with E-state index in [-0.39, 0.29) is 5.97 Å². The first-order chi connectivity index (χ1) is 7.77. The molecule has 2 rings (SSSR count). The molecular formula is C13H16O3. The van der Waals surface area contributed by atoms with Crippen molar-refractivity contribution in [2.45, 2.75) is 26.2 Å². The summed E-state index contributed by atoms with van der Waals surface area (Å²) < 4.78 is 10.3. The third-order valence-electron chi connectivity index (χ3n) is 2.94. The summed E-state index contributed by atoms with van der Waals surface area (Å²) in [5.74, 6) is 0.359. The lowest BCUT2D eigenvalue weighted by molar-refractivity contribution is 0.0521. The van der Waals surface area contributed by atoms with Crippen molar-refractivity contribution in [1.82, 2.24) is 0 Å². The number of aryl methyl sites for hydroxylation is 1. The molecule has 1 aromatic rings. The number of rotatable bonds is 3. The Morgan fingerprint density at radius 2 is 2.19 bits per heavy atom. The van der Waals surface area contributed by atoms with Gasteiger partial charge in [0, 0.05) is 0 Å². The Kier molecular flexibility index (Phi) is 3.13. The zero-order valence-electron chi connectivity index (χ0n) is 9.71. The predicted octanol–water partition coefficient (Wildman–Crippen LogP) is 2.36. The average molecular weight is 220 g/mol. The first-order valence-corrected chi connectivity index (χ1v) is 5.63. The molecule has 0 atom stereocenters. The highest BCUT2D eigenvalue weighted by Crippen LogP contribution is 2.32. The maximum absolute atomic E-state index is 11.9. The first-order valence-electron chi connectivity index (χ1n) is 5.63. The molecule has 86 valence electrons. The second-order valence-electron chi connectivity index (χ2n) is 3.85. The van der Waals surface area contributed by atoms with E-state index < -0.39 is 0 Å². The Morgan fingerprint density at radius 3 is 2.88 bits per heavy atom. The van der Waals surface area contributed by atoms with Crippen LogP contribution >= 0.6 is 0 Å². The fraction of sp³-hybridized carbons (Fsp3) is 0.462. The molecule has 1 aromatic carbocycles. The second kappa shape index (κ2) is 4.56. The maximum Gasteiger partial charge on any atom is 0.342 e. The molecule has 0 saturated carbocycles. The van der Waals surface area contributed by atoms with Gasteiger partial charge in [0.1, 0.15) is 11.3 Å². The minimum atomic E-state index is -0.266. The van der Waals surface area contributed by atoms with Crippen molar-refractivity contribution < 1.29 is 14.3 Å². The zero-order chi connectivity index (χ0) is 11.5. The molecule has 0 N–H and O–H groups in total. The van der Waals surface area contributed by atoms with Crippen molar-refractivity contribution in [3.05, 3.63) is 28.8 Å². The molecule has 0 fully saturated rings. The van der Waals surface area contributed by atoms with Crippen LogP contribution in [-0.4, -0.2) is 19.7 Å². The van der Waals surface area contributed by atoms with Crippen LogP contribution in [0.1, 0.15) is 34.8 Å². The topological polar surface area (TPSA) is 35.5 Å². The highest BCUT2D eigenvalue weighted by atomic mass is 16.5. The highest BCUT2D eigenvalue weighted by Gasteiger charge is 2.23. The quantitative estimate of drug-likeness (QED) is 0.733. The molecule has 0 saturated heterocycles. The van der Waals surface area contributed by atoms with Crippen LogP contribution in [0.2, 0.25) is 0 Å². The lowest BCUT2D eigenvalue weighted by Gasteiger charge is -2.12. The first kappa shape index (κ1) is 11.0. The van der Waals surface area contributed by atoms with Gasteiger partial charge in [0.2, 0.25) is 0 Å². The van der Waals surface area contributed by atoms with E-state index in [1.54, 1.807) is 7.11 Å². The fourth-order valence-electron chi connectivity index (χ4n) is 2.24. The third kappa shape index (κ3) is 1.77. The number of ether oxygens (including phenoxy) is 2. The second-order valence-corrected chi connectivity index (χ2v) is 3.85. The molecule has 0 spiro atoms. The van der Waals surface area contributed by atoms with Crippen LogP contribution in [0.4, 0.5) is 0 Å². The molecule has 16 heavy (non-hydrogen) atoms.